The number of primary amides is 1. The number of nitrogens with one attached hydrogen (secondary N) is 3. The zero-order valence-corrected chi connectivity index (χ0v) is 24.8. The summed E-state index contributed by atoms with van der Waals surface area (Å²) in [4.78, 5) is 43.1. The largest absolute Gasteiger partial charge is 0.510 e. The second kappa shape index (κ2) is 11.0. The SMILES string of the molecule is CN(C)c1cc(NC(=N)NCc2ccccc2)c(O)c2c1C[C@@H]1C[C@@H]3C(N(C)C)C(O)=C(C(N)=O)C(=O)[C@]3(O)C(O)=C1C2=O. The Morgan fingerprint density at radius 2 is 1.77 bits per heavy atom. The number of Topliss-reactive ketones (excluding diaryl/α,β-unsaturated/α-hetero) is 2. The molecule has 1 amide bonds. The molecule has 3 aliphatic rings. The predicted molar refractivity (Wildman–Crippen MR) is 163 cm³/mol. The fraction of sp³-hybridized carbons (Fsp3) is 0.355. The van der Waals surface area contributed by atoms with Crippen molar-refractivity contribution in [2.45, 2.75) is 31.0 Å². The third-order valence-corrected chi connectivity index (χ3v) is 8.75. The molecule has 13 heteroatoms. The summed E-state index contributed by atoms with van der Waals surface area (Å²) in [6.07, 6.45) is 0.146. The van der Waals surface area contributed by atoms with E-state index in [9.17, 15) is 34.8 Å². The first-order valence-corrected chi connectivity index (χ1v) is 14.0. The van der Waals surface area contributed by atoms with Crippen molar-refractivity contribution in [3.8, 4) is 5.75 Å². The second-order valence-corrected chi connectivity index (χ2v) is 11.8. The Morgan fingerprint density at radius 3 is 2.36 bits per heavy atom. The Morgan fingerprint density at radius 1 is 1.11 bits per heavy atom. The molecule has 1 unspecified atom stereocenters. The van der Waals surface area contributed by atoms with Gasteiger partial charge in [-0.1, -0.05) is 30.3 Å². The smallest absolute Gasteiger partial charge is 0.255 e. The Kier molecular flexibility index (Phi) is 7.64. The van der Waals surface area contributed by atoms with Gasteiger partial charge >= 0.3 is 0 Å². The van der Waals surface area contributed by atoms with E-state index >= 15 is 0 Å². The van der Waals surface area contributed by atoms with Gasteiger partial charge in [-0.2, -0.15) is 0 Å². The molecule has 3 aliphatic carbocycles. The molecule has 9 N–H and O–H groups in total. The van der Waals surface area contributed by atoms with Crippen LogP contribution in [0.1, 0.15) is 27.9 Å². The van der Waals surface area contributed by atoms with Crippen molar-refractivity contribution < 1.29 is 34.8 Å². The normalized spacial score (nSPS) is 24.5. The topological polar surface area (TPSA) is 213 Å². The second-order valence-electron chi connectivity index (χ2n) is 11.8. The van der Waals surface area contributed by atoms with Crippen LogP contribution in [0.4, 0.5) is 11.4 Å². The molecule has 5 rings (SSSR count). The van der Waals surface area contributed by atoms with E-state index < -0.39 is 63.8 Å². The molecule has 0 fully saturated rings. The van der Waals surface area contributed by atoms with Crippen molar-refractivity contribution in [1.82, 2.24) is 10.2 Å². The van der Waals surface area contributed by atoms with Crippen LogP contribution < -0.4 is 21.3 Å². The highest BCUT2D eigenvalue weighted by atomic mass is 16.3. The van der Waals surface area contributed by atoms with E-state index in [0.717, 1.165) is 5.56 Å². The summed E-state index contributed by atoms with van der Waals surface area (Å²) in [6, 6.07) is 9.95. The number of hydrogen-bond donors (Lipinski definition) is 8. The molecule has 0 spiro atoms. The highest BCUT2D eigenvalue weighted by Crippen LogP contribution is 2.53. The first kappa shape index (κ1) is 30.6. The number of carbonyl (C=O) groups is 3. The Bertz CT molecular complexity index is 1650. The number of phenols is 1. The van der Waals surface area contributed by atoms with Crippen molar-refractivity contribution in [1.29, 1.82) is 5.41 Å². The van der Waals surface area contributed by atoms with Crippen LogP contribution in [-0.2, 0) is 22.6 Å². The summed E-state index contributed by atoms with van der Waals surface area (Å²) in [5.74, 6) is -7.33. The fourth-order valence-electron chi connectivity index (χ4n) is 6.76. The molecule has 13 nitrogen and oxygen atoms in total. The van der Waals surface area contributed by atoms with Crippen molar-refractivity contribution in [3.63, 3.8) is 0 Å². The minimum atomic E-state index is -2.72. The van der Waals surface area contributed by atoms with Gasteiger partial charge in [0.05, 0.1) is 17.3 Å². The summed E-state index contributed by atoms with van der Waals surface area (Å²) >= 11 is 0. The van der Waals surface area contributed by atoms with Crippen molar-refractivity contribution in [2.24, 2.45) is 17.6 Å². The number of hydrogen-bond acceptors (Lipinski definition) is 10. The van der Waals surface area contributed by atoms with Crippen molar-refractivity contribution in [3.05, 3.63) is 75.8 Å². The number of rotatable bonds is 6. The number of amides is 1. The van der Waals surface area contributed by atoms with Gasteiger partial charge in [0.1, 0.15) is 17.1 Å². The Labute approximate surface area is 253 Å². The first-order valence-electron chi connectivity index (χ1n) is 14.0. The maximum Gasteiger partial charge on any atom is 0.255 e. The lowest BCUT2D eigenvalue weighted by Gasteiger charge is -2.50. The molecule has 0 aromatic heterocycles. The number of aliphatic hydroxyl groups is 3. The van der Waals surface area contributed by atoms with Crippen molar-refractivity contribution in [2.75, 3.05) is 38.4 Å². The van der Waals surface area contributed by atoms with E-state index in [1.165, 1.54) is 4.90 Å². The van der Waals surface area contributed by atoms with Crippen LogP contribution in [0.15, 0.2) is 59.1 Å². The average Bonchev–Trinajstić information content (AvgIpc) is 2.95. The lowest BCUT2D eigenvalue weighted by Crippen LogP contribution is -2.63. The van der Waals surface area contributed by atoms with Gasteiger partial charge in [-0.15, -0.1) is 0 Å². The third-order valence-electron chi connectivity index (χ3n) is 8.75. The minimum absolute atomic E-state index is 0.00650. The molecule has 2 aromatic carbocycles. The maximum atomic E-state index is 14.1. The molecule has 0 bridgehead atoms. The number of ketones is 2. The van der Waals surface area contributed by atoms with Crippen LogP contribution in [0.5, 0.6) is 5.75 Å². The molecule has 0 saturated carbocycles. The molecule has 0 radical (unpaired) electrons. The van der Waals surface area contributed by atoms with Crippen LogP contribution in [0, 0.1) is 17.2 Å². The standard InChI is InChI=1S/C31H36N6O7/c1-36(2)19-12-18(35-30(33)34-13-14-8-6-5-7-9-14)24(38)21-16(19)10-15-11-17-23(37(3)4)26(40)22(29(32)43)28(42)31(17,44)27(41)20(15)25(21)39/h5-9,12,15,17,23,38,40-41,44H,10-11,13H2,1-4H3,(H2,32,43)(H3,33,34,35)/t15-,17-,23?,31-/m1/s1. The van der Waals surface area contributed by atoms with Gasteiger partial charge in [-0.25, -0.2) is 0 Å². The molecular weight excluding hydrogens is 568 g/mol. The number of aliphatic hydroxyl groups excluding tert-OH is 2. The van der Waals surface area contributed by atoms with E-state index in [1.54, 1.807) is 39.2 Å². The predicted octanol–water partition coefficient (Wildman–Crippen LogP) is 1.32. The number of nitrogens with zero attached hydrogens (tertiary/aromatic N) is 2. The van der Waals surface area contributed by atoms with Gasteiger partial charge in [-0.3, -0.25) is 24.7 Å². The van der Waals surface area contributed by atoms with Gasteiger partial charge in [-0.05, 0) is 50.0 Å². The number of allylic oxidation sites excluding steroid dienone is 1. The van der Waals surface area contributed by atoms with Gasteiger partial charge in [0.2, 0.25) is 5.78 Å². The molecule has 2 aromatic rings. The number of fused-ring (bicyclic) bond motifs is 3. The number of nitrogens with two attached hydrogens (primary N) is 1. The maximum absolute atomic E-state index is 14.1. The van der Waals surface area contributed by atoms with Crippen molar-refractivity contribution >= 4 is 34.8 Å². The van der Waals surface area contributed by atoms with Gasteiger partial charge in [0.15, 0.2) is 23.1 Å². The van der Waals surface area contributed by atoms with Gasteiger partial charge in [0.25, 0.3) is 5.91 Å². The summed E-state index contributed by atoms with van der Waals surface area (Å²) in [7, 11) is 6.68. The number of likely N-dealkylation sites (N-methyl/N-ethyl adjacent to an activating group) is 1. The number of carbonyl (C=O) groups excluding carboxylic acids is 3. The van der Waals surface area contributed by atoms with Gasteiger partial charge in [0, 0.05) is 37.8 Å². The number of aromatic hydroxyl groups is 1. The zero-order chi connectivity index (χ0) is 32.2. The van der Waals surface area contributed by atoms with E-state index in [2.05, 4.69) is 10.6 Å². The first-order chi connectivity index (χ1) is 20.7. The molecule has 0 aliphatic heterocycles. The molecular formula is C31H36N6O7. The fourth-order valence-corrected chi connectivity index (χ4v) is 6.76. The lowest BCUT2D eigenvalue weighted by atomic mass is 9.58. The molecule has 4 atom stereocenters. The molecule has 0 saturated heterocycles. The molecule has 232 valence electrons. The number of guanidine groups is 1. The highest BCUT2D eigenvalue weighted by Gasteiger charge is 2.63. The Hall–Kier alpha value is -4.88. The third kappa shape index (κ3) is 4.64. The monoisotopic (exact) mass is 604 g/mol. The van der Waals surface area contributed by atoms with Crippen LogP contribution in [0.2, 0.25) is 0 Å². The summed E-state index contributed by atoms with van der Waals surface area (Å²) in [6.45, 7) is 0.333. The lowest BCUT2D eigenvalue weighted by molar-refractivity contribution is -0.148. The van der Waals surface area contributed by atoms with Crippen LogP contribution in [0.25, 0.3) is 0 Å². The highest BCUT2D eigenvalue weighted by molar-refractivity contribution is 6.25. The summed E-state index contributed by atoms with van der Waals surface area (Å²) < 4.78 is 0. The van der Waals surface area contributed by atoms with Crippen LogP contribution >= 0.6 is 0 Å². The number of phenolic OH excluding ortho intramolecular Hbond substituents is 1. The van der Waals surface area contributed by atoms with E-state index in [0.29, 0.717) is 17.8 Å². The minimum Gasteiger partial charge on any atom is -0.510 e. The molecule has 44 heavy (non-hydrogen) atoms. The van der Waals surface area contributed by atoms with Crippen LogP contribution in [0.3, 0.4) is 0 Å². The molecule has 0 heterocycles. The van der Waals surface area contributed by atoms with Crippen LogP contribution in [-0.4, -0.2) is 88.6 Å². The van der Waals surface area contributed by atoms with E-state index in [-0.39, 0.29) is 35.6 Å². The van der Waals surface area contributed by atoms with E-state index in [1.807, 2.05) is 30.3 Å². The summed E-state index contributed by atoms with van der Waals surface area (Å²) in [5, 5.41) is 59.7. The van der Waals surface area contributed by atoms with Gasteiger partial charge < -0.3 is 41.7 Å². The quantitative estimate of drug-likeness (QED) is 0.102. The average molecular weight is 605 g/mol. The zero-order valence-electron chi connectivity index (χ0n) is 24.8. The number of benzene rings is 2. The van der Waals surface area contributed by atoms with E-state index in [4.69, 9.17) is 11.1 Å². The summed E-state index contributed by atoms with van der Waals surface area (Å²) in [5.41, 5.74) is 3.47. The number of anilines is 2. The Balaban J connectivity index is 1.59.